The molecule has 0 saturated heterocycles. The Hall–Kier alpha value is -2.82. The lowest BCUT2D eigenvalue weighted by atomic mass is 9.63. The number of carbonyl (C=O) groups excluding carboxylic acids is 2. The molecule has 0 aliphatic heterocycles. The van der Waals surface area contributed by atoms with Crippen molar-refractivity contribution >= 4 is 17.5 Å². The maximum atomic E-state index is 12.9. The highest BCUT2D eigenvalue weighted by molar-refractivity contribution is 5.90. The number of hydrogen-bond donors (Lipinski definition) is 2. The Kier molecular flexibility index (Phi) is 5.26. The quantitative estimate of drug-likeness (QED) is 0.837. The van der Waals surface area contributed by atoms with Gasteiger partial charge in [-0.15, -0.1) is 0 Å². The van der Waals surface area contributed by atoms with Crippen molar-refractivity contribution in [1.82, 2.24) is 5.32 Å². The van der Waals surface area contributed by atoms with Crippen molar-refractivity contribution < 1.29 is 14.3 Å². The summed E-state index contributed by atoms with van der Waals surface area (Å²) in [5.41, 5.74) is 2.29. The zero-order chi connectivity index (χ0) is 18.6. The zero-order valence-electron chi connectivity index (χ0n) is 15.2. The van der Waals surface area contributed by atoms with Crippen molar-refractivity contribution in [3.63, 3.8) is 0 Å². The first-order chi connectivity index (χ1) is 12.5. The van der Waals surface area contributed by atoms with Crippen LogP contribution in [0.2, 0.25) is 0 Å². The lowest BCUT2D eigenvalue weighted by Crippen LogP contribution is -2.49. The summed E-state index contributed by atoms with van der Waals surface area (Å²) in [5.74, 6) is 0.731. The number of ether oxygens (including phenoxy) is 1. The molecule has 0 heterocycles. The summed E-state index contributed by atoms with van der Waals surface area (Å²) < 4.78 is 5.23. The molecule has 0 unspecified atom stereocenters. The third-order valence-corrected chi connectivity index (χ3v) is 4.99. The van der Waals surface area contributed by atoms with Crippen LogP contribution in [-0.2, 0) is 21.5 Å². The molecule has 26 heavy (non-hydrogen) atoms. The Morgan fingerprint density at radius 2 is 1.85 bits per heavy atom. The van der Waals surface area contributed by atoms with E-state index >= 15 is 0 Å². The molecule has 0 spiro atoms. The van der Waals surface area contributed by atoms with E-state index in [0.717, 1.165) is 41.8 Å². The molecule has 3 rings (SSSR count). The van der Waals surface area contributed by atoms with Crippen LogP contribution in [0.3, 0.4) is 0 Å². The average molecular weight is 352 g/mol. The normalized spacial score (nSPS) is 14.8. The molecule has 1 fully saturated rings. The van der Waals surface area contributed by atoms with Crippen LogP contribution in [0.1, 0.15) is 37.3 Å². The fourth-order valence-corrected chi connectivity index (χ4v) is 3.39. The van der Waals surface area contributed by atoms with Crippen LogP contribution < -0.4 is 15.4 Å². The third-order valence-electron chi connectivity index (χ3n) is 4.99. The van der Waals surface area contributed by atoms with Crippen molar-refractivity contribution in [3.8, 4) is 5.75 Å². The van der Waals surface area contributed by atoms with Gasteiger partial charge in [-0.3, -0.25) is 9.59 Å². The highest BCUT2D eigenvalue weighted by Gasteiger charge is 2.45. The van der Waals surface area contributed by atoms with Crippen LogP contribution in [0.25, 0.3) is 0 Å². The van der Waals surface area contributed by atoms with Crippen LogP contribution in [0.15, 0.2) is 48.5 Å². The molecule has 2 N–H and O–H groups in total. The van der Waals surface area contributed by atoms with Gasteiger partial charge in [-0.05, 0) is 48.2 Å². The zero-order valence-corrected chi connectivity index (χ0v) is 15.2. The SMILES string of the molecule is COc1cccc(CNC(=O)C2(c3ccc(NC(C)=O)cc3)CCC2)c1. The standard InChI is InChI=1S/C21H24N2O3/c1-15(24)23-18-9-7-17(8-10-18)21(11-4-12-21)20(25)22-14-16-5-3-6-19(13-16)26-2/h3,5-10,13H,4,11-12,14H2,1-2H3,(H,22,25)(H,23,24). The second-order valence-electron chi connectivity index (χ2n) is 6.73. The molecule has 0 aromatic heterocycles. The van der Waals surface area contributed by atoms with Crippen molar-refractivity contribution in [3.05, 3.63) is 59.7 Å². The van der Waals surface area contributed by atoms with E-state index in [0.29, 0.717) is 6.54 Å². The van der Waals surface area contributed by atoms with Gasteiger partial charge in [0.05, 0.1) is 12.5 Å². The Balaban J connectivity index is 1.70. The van der Waals surface area contributed by atoms with Crippen molar-refractivity contribution in [2.75, 3.05) is 12.4 Å². The molecule has 2 aromatic carbocycles. The minimum absolute atomic E-state index is 0.0545. The van der Waals surface area contributed by atoms with E-state index in [9.17, 15) is 9.59 Å². The van der Waals surface area contributed by atoms with Crippen LogP contribution in [0.4, 0.5) is 5.69 Å². The maximum Gasteiger partial charge on any atom is 0.230 e. The maximum absolute atomic E-state index is 12.9. The van der Waals surface area contributed by atoms with E-state index < -0.39 is 5.41 Å². The van der Waals surface area contributed by atoms with Crippen LogP contribution in [-0.4, -0.2) is 18.9 Å². The van der Waals surface area contributed by atoms with Gasteiger partial charge in [0.25, 0.3) is 0 Å². The van der Waals surface area contributed by atoms with Gasteiger partial charge in [0.2, 0.25) is 11.8 Å². The molecular formula is C21H24N2O3. The van der Waals surface area contributed by atoms with E-state index in [1.54, 1.807) is 7.11 Å². The van der Waals surface area contributed by atoms with E-state index in [1.165, 1.54) is 6.92 Å². The van der Waals surface area contributed by atoms with E-state index in [1.807, 2.05) is 48.5 Å². The van der Waals surface area contributed by atoms with Gasteiger partial charge >= 0.3 is 0 Å². The summed E-state index contributed by atoms with van der Waals surface area (Å²) in [4.78, 5) is 24.1. The molecule has 1 saturated carbocycles. The van der Waals surface area contributed by atoms with Gasteiger partial charge in [-0.1, -0.05) is 30.7 Å². The highest BCUT2D eigenvalue weighted by atomic mass is 16.5. The Morgan fingerprint density at radius 1 is 1.12 bits per heavy atom. The Bertz CT molecular complexity index is 795. The molecule has 1 aliphatic carbocycles. The number of nitrogens with one attached hydrogen (secondary N) is 2. The van der Waals surface area contributed by atoms with Crippen LogP contribution in [0.5, 0.6) is 5.75 Å². The Labute approximate surface area is 153 Å². The van der Waals surface area contributed by atoms with Gasteiger partial charge in [0, 0.05) is 19.2 Å². The number of methoxy groups -OCH3 is 1. The largest absolute Gasteiger partial charge is 0.497 e. The second kappa shape index (κ2) is 7.60. The lowest BCUT2D eigenvalue weighted by Gasteiger charge is -2.40. The number of amides is 2. The van der Waals surface area contributed by atoms with Gasteiger partial charge in [0.1, 0.15) is 5.75 Å². The number of hydrogen-bond acceptors (Lipinski definition) is 3. The second-order valence-corrected chi connectivity index (χ2v) is 6.73. The highest BCUT2D eigenvalue weighted by Crippen LogP contribution is 2.44. The van der Waals surface area contributed by atoms with Gasteiger partial charge in [-0.25, -0.2) is 0 Å². The minimum atomic E-state index is -0.465. The van der Waals surface area contributed by atoms with Crippen molar-refractivity contribution in [1.29, 1.82) is 0 Å². The summed E-state index contributed by atoms with van der Waals surface area (Å²) in [6, 6.07) is 15.3. The molecule has 2 aromatic rings. The van der Waals surface area contributed by atoms with Crippen molar-refractivity contribution in [2.24, 2.45) is 0 Å². The van der Waals surface area contributed by atoms with E-state index in [2.05, 4.69) is 10.6 Å². The topological polar surface area (TPSA) is 67.4 Å². The summed E-state index contributed by atoms with van der Waals surface area (Å²) in [6.45, 7) is 1.95. The molecule has 5 heteroatoms. The predicted octanol–water partition coefficient (Wildman–Crippen LogP) is 3.39. The summed E-state index contributed by atoms with van der Waals surface area (Å²) in [6.07, 6.45) is 2.73. The molecule has 5 nitrogen and oxygen atoms in total. The van der Waals surface area contributed by atoms with Gasteiger partial charge in [0.15, 0.2) is 0 Å². The summed E-state index contributed by atoms with van der Waals surface area (Å²) in [5, 5.41) is 5.83. The number of rotatable bonds is 6. The number of benzene rings is 2. The first-order valence-electron chi connectivity index (χ1n) is 8.83. The van der Waals surface area contributed by atoms with Crippen LogP contribution in [0, 0.1) is 0 Å². The van der Waals surface area contributed by atoms with Crippen LogP contribution >= 0.6 is 0 Å². The number of anilines is 1. The molecule has 0 radical (unpaired) electrons. The fraction of sp³-hybridized carbons (Fsp3) is 0.333. The first kappa shape index (κ1) is 18.0. The summed E-state index contributed by atoms with van der Waals surface area (Å²) in [7, 11) is 1.63. The van der Waals surface area contributed by atoms with E-state index in [4.69, 9.17) is 4.74 Å². The average Bonchev–Trinajstić information content (AvgIpc) is 2.60. The minimum Gasteiger partial charge on any atom is -0.497 e. The summed E-state index contributed by atoms with van der Waals surface area (Å²) >= 11 is 0. The molecule has 1 aliphatic rings. The van der Waals surface area contributed by atoms with Gasteiger partial charge in [-0.2, -0.15) is 0 Å². The fourth-order valence-electron chi connectivity index (χ4n) is 3.39. The van der Waals surface area contributed by atoms with E-state index in [-0.39, 0.29) is 11.8 Å². The predicted molar refractivity (Wildman–Crippen MR) is 101 cm³/mol. The lowest BCUT2D eigenvalue weighted by molar-refractivity contribution is -0.130. The monoisotopic (exact) mass is 352 g/mol. The Morgan fingerprint density at radius 3 is 2.42 bits per heavy atom. The third kappa shape index (κ3) is 3.72. The molecular weight excluding hydrogens is 328 g/mol. The molecule has 2 amide bonds. The first-order valence-corrected chi connectivity index (χ1v) is 8.83. The number of carbonyl (C=O) groups is 2. The molecule has 0 atom stereocenters. The van der Waals surface area contributed by atoms with Gasteiger partial charge < -0.3 is 15.4 Å². The molecule has 0 bridgehead atoms. The van der Waals surface area contributed by atoms with Crippen molar-refractivity contribution in [2.45, 2.75) is 38.1 Å². The molecule has 136 valence electrons. The smallest absolute Gasteiger partial charge is 0.230 e.